The van der Waals surface area contributed by atoms with Crippen LogP contribution in [0.25, 0.3) is 0 Å². The summed E-state index contributed by atoms with van der Waals surface area (Å²) in [5, 5.41) is 14.4. The number of nitriles is 1. The summed E-state index contributed by atoms with van der Waals surface area (Å²) in [6, 6.07) is 14.3. The van der Waals surface area contributed by atoms with Crippen molar-refractivity contribution in [1.82, 2.24) is 14.7 Å². The molecule has 1 saturated heterocycles. The zero-order valence-corrected chi connectivity index (χ0v) is 24.3. The lowest BCUT2D eigenvalue weighted by Gasteiger charge is -2.39. The number of thiocarbonyl (C=S) groups is 1. The van der Waals surface area contributed by atoms with Crippen molar-refractivity contribution in [3.05, 3.63) is 57.6 Å². The molecule has 2 aromatic carbocycles. The molecule has 3 aliphatic rings. The number of halogens is 2. The van der Waals surface area contributed by atoms with Gasteiger partial charge in [0.2, 0.25) is 0 Å². The van der Waals surface area contributed by atoms with Crippen molar-refractivity contribution in [2.75, 3.05) is 57.4 Å². The number of nitrogens with one attached hydrogen (secondary N) is 1. The Hall–Kier alpha value is -2.08. The van der Waals surface area contributed by atoms with Gasteiger partial charge >= 0.3 is 0 Å². The van der Waals surface area contributed by atoms with Crippen molar-refractivity contribution >= 4 is 51.9 Å². The number of nitrogens with zero attached hydrogens (tertiary/aromatic N) is 4. The molecule has 0 amide bonds. The largest absolute Gasteiger partial charge is 0.397 e. The first kappa shape index (κ1) is 27.5. The number of hydrogen-bond acceptors (Lipinski definition) is 5. The first-order valence-corrected chi connectivity index (χ1v) is 14.7. The van der Waals surface area contributed by atoms with Crippen LogP contribution in [0.1, 0.15) is 43.2 Å². The van der Waals surface area contributed by atoms with Crippen molar-refractivity contribution < 1.29 is 0 Å². The lowest BCUT2D eigenvalue weighted by Crippen LogP contribution is -2.48. The van der Waals surface area contributed by atoms with Gasteiger partial charge in [0.25, 0.3) is 0 Å². The van der Waals surface area contributed by atoms with Gasteiger partial charge in [0.1, 0.15) is 0 Å². The Bertz CT molecular complexity index is 1220. The minimum absolute atomic E-state index is 0.220. The molecule has 202 valence electrons. The zero-order valence-electron chi connectivity index (χ0n) is 21.9. The summed E-state index contributed by atoms with van der Waals surface area (Å²) in [7, 11) is 2.19. The van der Waals surface area contributed by atoms with E-state index in [1.54, 1.807) is 12.1 Å². The van der Waals surface area contributed by atoms with Crippen molar-refractivity contribution in [3.63, 3.8) is 0 Å². The first-order chi connectivity index (χ1) is 18.3. The van der Waals surface area contributed by atoms with Gasteiger partial charge in [-0.3, -0.25) is 0 Å². The van der Waals surface area contributed by atoms with E-state index in [9.17, 15) is 5.26 Å². The van der Waals surface area contributed by atoms with E-state index in [-0.39, 0.29) is 5.41 Å². The molecule has 0 radical (unpaired) electrons. The number of hydrogen-bond donors (Lipinski definition) is 2. The second-order valence-electron chi connectivity index (χ2n) is 11.2. The maximum absolute atomic E-state index is 9.39. The third kappa shape index (κ3) is 5.90. The summed E-state index contributed by atoms with van der Waals surface area (Å²) in [5.41, 5.74) is 9.76. The van der Waals surface area contributed by atoms with Crippen LogP contribution < -0.4 is 11.1 Å². The lowest BCUT2D eigenvalue weighted by molar-refractivity contribution is 0.145. The van der Waals surface area contributed by atoms with Gasteiger partial charge in [0.15, 0.2) is 5.11 Å². The predicted molar refractivity (Wildman–Crippen MR) is 161 cm³/mol. The fraction of sp³-hybridized carbons (Fsp3) is 0.517. The molecule has 3 fully saturated rings. The maximum atomic E-state index is 9.39. The number of fused-ring (bicyclic) bond motifs is 1. The topological polar surface area (TPSA) is 71.6 Å². The van der Waals surface area contributed by atoms with E-state index in [1.807, 2.05) is 12.1 Å². The summed E-state index contributed by atoms with van der Waals surface area (Å²) in [4.78, 5) is 7.33. The highest BCUT2D eigenvalue weighted by atomic mass is 35.5. The molecule has 0 spiro atoms. The van der Waals surface area contributed by atoms with Crippen LogP contribution in [0, 0.1) is 17.2 Å². The van der Waals surface area contributed by atoms with Crippen LogP contribution in [0.5, 0.6) is 0 Å². The van der Waals surface area contributed by atoms with Gasteiger partial charge in [-0.15, -0.1) is 0 Å². The molecule has 3 N–H and O–H groups in total. The van der Waals surface area contributed by atoms with Crippen LogP contribution in [0.2, 0.25) is 10.0 Å². The van der Waals surface area contributed by atoms with Gasteiger partial charge in [-0.25, -0.2) is 0 Å². The number of rotatable bonds is 7. The Labute approximate surface area is 241 Å². The first-order valence-electron chi connectivity index (χ1n) is 13.5. The number of likely N-dealkylation sites (N-methyl/N-ethyl adjacent to an activating group) is 1. The number of benzene rings is 2. The predicted octanol–water partition coefficient (Wildman–Crippen LogP) is 5.59. The Balaban J connectivity index is 1.28. The SMILES string of the molecule is CN1CCN(CCCN(C(=S)Nc2cc(Cl)c(Cl)cc2N)C2CC[C@]3(c4cccc(C#N)c4)CC3C2)CC1. The average molecular weight is 572 g/mol. The number of nitrogens with two attached hydrogens (primary N) is 1. The molecule has 0 aromatic heterocycles. The van der Waals surface area contributed by atoms with E-state index in [0.717, 1.165) is 70.5 Å². The molecule has 9 heteroatoms. The Morgan fingerprint density at radius 3 is 2.71 bits per heavy atom. The van der Waals surface area contributed by atoms with Gasteiger partial charge in [-0.05, 0) is 99.1 Å². The Morgan fingerprint density at radius 2 is 1.97 bits per heavy atom. The molecule has 38 heavy (non-hydrogen) atoms. The third-order valence-electron chi connectivity index (χ3n) is 8.78. The highest BCUT2D eigenvalue weighted by molar-refractivity contribution is 7.80. The second-order valence-corrected chi connectivity index (χ2v) is 12.4. The minimum Gasteiger partial charge on any atom is -0.397 e. The quantitative estimate of drug-likeness (QED) is 0.332. The minimum atomic E-state index is 0.220. The average Bonchev–Trinajstić information content (AvgIpc) is 3.66. The molecule has 0 bridgehead atoms. The fourth-order valence-electron chi connectivity index (χ4n) is 6.39. The van der Waals surface area contributed by atoms with Crippen molar-refractivity contribution in [2.45, 2.75) is 43.6 Å². The summed E-state index contributed by atoms with van der Waals surface area (Å²) in [6.07, 6.45) is 5.53. The molecular formula is C29H36Cl2N6S. The Morgan fingerprint density at radius 1 is 1.21 bits per heavy atom. The van der Waals surface area contributed by atoms with Crippen molar-refractivity contribution in [3.8, 4) is 6.07 Å². The summed E-state index contributed by atoms with van der Waals surface area (Å²) < 4.78 is 0. The third-order valence-corrected chi connectivity index (χ3v) is 9.84. The van der Waals surface area contributed by atoms with E-state index < -0.39 is 0 Å². The van der Waals surface area contributed by atoms with Crippen LogP contribution in [-0.4, -0.2) is 72.2 Å². The van der Waals surface area contributed by atoms with Crippen LogP contribution >= 0.6 is 35.4 Å². The van der Waals surface area contributed by atoms with E-state index in [2.05, 4.69) is 45.3 Å². The zero-order chi connectivity index (χ0) is 26.9. The van der Waals surface area contributed by atoms with Crippen LogP contribution in [0.3, 0.4) is 0 Å². The molecule has 6 nitrogen and oxygen atoms in total. The smallest absolute Gasteiger partial charge is 0.173 e. The van der Waals surface area contributed by atoms with E-state index in [1.165, 1.54) is 12.0 Å². The summed E-state index contributed by atoms with van der Waals surface area (Å²) in [6.45, 7) is 6.46. The van der Waals surface area contributed by atoms with Gasteiger partial charge in [-0.2, -0.15) is 5.26 Å². The molecular weight excluding hydrogens is 535 g/mol. The standard InChI is InChI=1S/C29H36Cl2N6S/c1-35-10-12-36(13-11-35)8-3-9-37(28(38)34-27-17-25(31)24(30)16-26(27)33)23-6-7-29(18-22(29)15-23)21-5-2-4-20(14-21)19-32/h2,4-5,14,16-17,22-23H,3,6-13,15,18,33H2,1H3,(H,34,38)/t22?,23?,29-/m1/s1. The van der Waals surface area contributed by atoms with Gasteiger partial charge < -0.3 is 25.8 Å². The van der Waals surface area contributed by atoms with Crippen LogP contribution in [-0.2, 0) is 5.41 Å². The molecule has 2 saturated carbocycles. The van der Waals surface area contributed by atoms with Crippen LogP contribution in [0.15, 0.2) is 36.4 Å². The molecule has 5 rings (SSSR count). The molecule has 1 aliphatic heterocycles. The summed E-state index contributed by atoms with van der Waals surface area (Å²) >= 11 is 18.4. The normalized spacial score (nSPS) is 25.3. The van der Waals surface area contributed by atoms with Crippen molar-refractivity contribution in [2.24, 2.45) is 5.92 Å². The second kappa shape index (κ2) is 11.6. The molecule has 2 unspecified atom stereocenters. The number of piperazine rings is 1. The Kier molecular flexibility index (Phi) is 8.37. The molecule has 3 atom stereocenters. The van der Waals surface area contributed by atoms with Crippen molar-refractivity contribution in [1.29, 1.82) is 5.26 Å². The van der Waals surface area contributed by atoms with E-state index in [0.29, 0.717) is 38.5 Å². The fourth-order valence-corrected chi connectivity index (χ4v) is 7.08. The maximum Gasteiger partial charge on any atom is 0.173 e. The number of anilines is 2. The van der Waals surface area contributed by atoms with Gasteiger partial charge in [-0.1, -0.05) is 35.3 Å². The van der Waals surface area contributed by atoms with E-state index in [4.69, 9.17) is 41.2 Å². The highest BCUT2D eigenvalue weighted by Gasteiger charge is 2.58. The molecule has 1 heterocycles. The monoisotopic (exact) mass is 570 g/mol. The van der Waals surface area contributed by atoms with Gasteiger partial charge in [0, 0.05) is 38.8 Å². The highest BCUT2D eigenvalue weighted by Crippen LogP contribution is 2.63. The molecule has 2 aromatic rings. The van der Waals surface area contributed by atoms with E-state index >= 15 is 0 Å². The summed E-state index contributed by atoms with van der Waals surface area (Å²) in [5.74, 6) is 0.619. The lowest BCUT2D eigenvalue weighted by atomic mass is 9.80. The van der Waals surface area contributed by atoms with Gasteiger partial charge in [0.05, 0.1) is 33.1 Å². The molecule has 2 aliphatic carbocycles. The number of nitrogen functional groups attached to an aromatic ring is 1. The van der Waals surface area contributed by atoms with Crippen LogP contribution in [0.4, 0.5) is 11.4 Å².